The first-order valence-corrected chi connectivity index (χ1v) is 12.3. The molecule has 0 atom stereocenters. The standard InChI is InChI=1S/C23H30ClN3O6S/c1-30-9-10-32-11-12-33-14-21(28)27-7-5-16(6-8-27)23-26-19(15-34-23)22(29)25-17-3-4-20(31-2)18(24)13-17/h3-4,13,15-16H,5-12,14H2,1-2H3,(H,25,29). The Bertz CT molecular complexity index is 949. The summed E-state index contributed by atoms with van der Waals surface area (Å²) in [5.74, 6) is 0.451. The number of carbonyl (C=O) groups is 2. The summed E-state index contributed by atoms with van der Waals surface area (Å²) >= 11 is 7.59. The monoisotopic (exact) mass is 511 g/mol. The van der Waals surface area contributed by atoms with Gasteiger partial charge in [-0.05, 0) is 31.0 Å². The molecule has 0 bridgehead atoms. The first kappa shape index (κ1) is 26.4. The summed E-state index contributed by atoms with van der Waals surface area (Å²) < 4.78 is 20.7. The second-order valence-corrected chi connectivity index (χ2v) is 8.98. The smallest absolute Gasteiger partial charge is 0.275 e. The van der Waals surface area contributed by atoms with Crippen molar-refractivity contribution in [3.05, 3.63) is 39.3 Å². The molecule has 1 saturated heterocycles. The number of thiazole rings is 1. The van der Waals surface area contributed by atoms with Crippen LogP contribution in [0.15, 0.2) is 23.6 Å². The zero-order chi connectivity index (χ0) is 24.3. The van der Waals surface area contributed by atoms with Crippen LogP contribution in [0.25, 0.3) is 0 Å². The highest BCUT2D eigenvalue weighted by Crippen LogP contribution is 2.31. The van der Waals surface area contributed by atoms with E-state index in [4.69, 9.17) is 30.5 Å². The fraction of sp³-hybridized carbons (Fsp3) is 0.522. The minimum Gasteiger partial charge on any atom is -0.495 e. The van der Waals surface area contributed by atoms with Gasteiger partial charge in [-0.1, -0.05) is 11.6 Å². The van der Waals surface area contributed by atoms with Crippen molar-refractivity contribution in [2.24, 2.45) is 0 Å². The number of amides is 2. The van der Waals surface area contributed by atoms with Crippen LogP contribution in [0.3, 0.4) is 0 Å². The maximum Gasteiger partial charge on any atom is 0.275 e. The van der Waals surface area contributed by atoms with Crippen molar-refractivity contribution in [1.29, 1.82) is 0 Å². The van der Waals surface area contributed by atoms with E-state index in [2.05, 4.69) is 10.3 Å². The van der Waals surface area contributed by atoms with E-state index in [1.54, 1.807) is 30.7 Å². The third-order valence-corrected chi connectivity index (χ3v) is 6.69. The van der Waals surface area contributed by atoms with Gasteiger partial charge < -0.3 is 29.2 Å². The highest BCUT2D eigenvalue weighted by molar-refractivity contribution is 7.10. The molecule has 11 heteroatoms. The van der Waals surface area contributed by atoms with Gasteiger partial charge in [0.2, 0.25) is 5.91 Å². The number of carbonyl (C=O) groups excluding carboxylic acids is 2. The molecule has 3 rings (SSSR count). The number of benzene rings is 1. The van der Waals surface area contributed by atoms with Crippen molar-refractivity contribution in [2.45, 2.75) is 18.8 Å². The molecule has 0 spiro atoms. The predicted octanol–water partition coefficient (Wildman–Crippen LogP) is 3.44. The van der Waals surface area contributed by atoms with Crippen LogP contribution < -0.4 is 10.1 Å². The predicted molar refractivity (Wildman–Crippen MR) is 130 cm³/mol. The molecule has 1 fully saturated rings. The maximum absolute atomic E-state index is 12.6. The topological polar surface area (TPSA) is 99.2 Å². The number of nitrogens with one attached hydrogen (secondary N) is 1. The summed E-state index contributed by atoms with van der Waals surface area (Å²) in [6.45, 7) is 3.19. The third-order valence-electron chi connectivity index (χ3n) is 5.39. The van der Waals surface area contributed by atoms with Crippen molar-refractivity contribution >= 4 is 40.4 Å². The van der Waals surface area contributed by atoms with Crippen LogP contribution in [0.2, 0.25) is 5.02 Å². The largest absolute Gasteiger partial charge is 0.495 e. The molecule has 1 aromatic carbocycles. The lowest BCUT2D eigenvalue weighted by Gasteiger charge is -2.31. The molecular formula is C23H30ClN3O6S. The van der Waals surface area contributed by atoms with Crippen LogP contribution in [0.4, 0.5) is 5.69 Å². The minimum atomic E-state index is -0.292. The zero-order valence-electron chi connectivity index (χ0n) is 19.4. The van der Waals surface area contributed by atoms with E-state index in [1.165, 1.54) is 18.4 Å². The number of nitrogens with zero attached hydrogens (tertiary/aromatic N) is 2. The number of hydrogen-bond acceptors (Lipinski definition) is 8. The van der Waals surface area contributed by atoms with Gasteiger partial charge in [-0.3, -0.25) is 9.59 Å². The minimum absolute atomic E-state index is 0.0206. The first-order chi connectivity index (χ1) is 16.5. The fourth-order valence-electron chi connectivity index (χ4n) is 3.51. The number of aromatic nitrogens is 1. The Morgan fingerprint density at radius 2 is 1.88 bits per heavy atom. The second kappa shape index (κ2) is 13.6. The summed E-state index contributed by atoms with van der Waals surface area (Å²) in [6, 6.07) is 5.05. The molecule has 34 heavy (non-hydrogen) atoms. The average molecular weight is 512 g/mol. The molecule has 0 radical (unpaired) electrons. The van der Waals surface area contributed by atoms with E-state index < -0.39 is 0 Å². The van der Waals surface area contributed by atoms with Crippen LogP contribution in [-0.4, -0.2) is 82.0 Å². The zero-order valence-corrected chi connectivity index (χ0v) is 21.0. The van der Waals surface area contributed by atoms with E-state index in [0.29, 0.717) is 61.7 Å². The van der Waals surface area contributed by atoms with Gasteiger partial charge in [0.15, 0.2) is 0 Å². The van der Waals surface area contributed by atoms with Gasteiger partial charge in [0.1, 0.15) is 18.1 Å². The second-order valence-electron chi connectivity index (χ2n) is 7.69. The lowest BCUT2D eigenvalue weighted by Crippen LogP contribution is -2.40. The summed E-state index contributed by atoms with van der Waals surface area (Å²) in [7, 11) is 3.15. The highest BCUT2D eigenvalue weighted by Gasteiger charge is 2.26. The number of ether oxygens (including phenoxy) is 4. The van der Waals surface area contributed by atoms with E-state index in [9.17, 15) is 9.59 Å². The lowest BCUT2D eigenvalue weighted by molar-refractivity contribution is -0.137. The van der Waals surface area contributed by atoms with E-state index in [-0.39, 0.29) is 24.3 Å². The molecule has 2 amide bonds. The Kier molecular flexibility index (Phi) is 10.5. The van der Waals surface area contributed by atoms with Crippen LogP contribution in [0, 0.1) is 0 Å². The molecule has 0 saturated carbocycles. The SMILES string of the molecule is COCCOCCOCC(=O)N1CCC(c2nc(C(=O)Nc3ccc(OC)c(Cl)c3)cs2)CC1. The number of anilines is 1. The summed E-state index contributed by atoms with van der Waals surface area (Å²) in [4.78, 5) is 31.3. The van der Waals surface area contributed by atoms with Crippen LogP contribution in [-0.2, 0) is 19.0 Å². The first-order valence-electron chi connectivity index (χ1n) is 11.0. The van der Waals surface area contributed by atoms with Crippen molar-refractivity contribution in [2.75, 3.05) is 65.7 Å². The third kappa shape index (κ3) is 7.64. The Morgan fingerprint density at radius 1 is 1.15 bits per heavy atom. The van der Waals surface area contributed by atoms with E-state index >= 15 is 0 Å². The van der Waals surface area contributed by atoms with Crippen molar-refractivity contribution in [1.82, 2.24) is 9.88 Å². The van der Waals surface area contributed by atoms with Gasteiger partial charge in [0.25, 0.3) is 5.91 Å². The molecule has 1 aliphatic heterocycles. The molecule has 9 nitrogen and oxygen atoms in total. The van der Waals surface area contributed by atoms with E-state index in [0.717, 1.165) is 17.8 Å². The summed E-state index contributed by atoms with van der Waals surface area (Å²) in [5.41, 5.74) is 0.937. The van der Waals surface area contributed by atoms with E-state index in [1.807, 2.05) is 4.90 Å². The Hall–Kier alpha value is -2.24. The molecule has 186 valence electrons. The maximum atomic E-state index is 12.6. The average Bonchev–Trinajstić information content (AvgIpc) is 3.34. The Morgan fingerprint density at radius 3 is 2.59 bits per heavy atom. The molecule has 2 heterocycles. The van der Waals surface area contributed by atoms with Gasteiger partial charge in [-0.25, -0.2) is 4.98 Å². The molecule has 0 aliphatic carbocycles. The van der Waals surface area contributed by atoms with Gasteiger partial charge >= 0.3 is 0 Å². The van der Waals surface area contributed by atoms with Crippen LogP contribution in [0.5, 0.6) is 5.75 Å². The fourth-order valence-corrected chi connectivity index (χ4v) is 4.74. The summed E-state index contributed by atoms with van der Waals surface area (Å²) in [6.07, 6.45) is 1.60. The number of halogens is 1. The quantitative estimate of drug-likeness (QED) is 0.436. The van der Waals surface area contributed by atoms with Crippen molar-refractivity contribution in [3.8, 4) is 5.75 Å². The van der Waals surface area contributed by atoms with Crippen LogP contribution in [0.1, 0.15) is 34.3 Å². The molecular weight excluding hydrogens is 482 g/mol. The number of methoxy groups -OCH3 is 2. The number of hydrogen-bond donors (Lipinski definition) is 1. The van der Waals surface area contributed by atoms with Gasteiger partial charge in [0, 0.05) is 37.2 Å². The molecule has 0 unspecified atom stereocenters. The molecule has 1 aromatic heterocycles. The Labute approximate surface area is 208 Å². The summed E-state index contributed by atoms with van der Waals surface area (Å²) in [5, 5.41) is 5.90. The van der Waals surface area contributed by atoms with Crippen LogP contribution >= 0.6 is 22.9 Å². The van der Waals surface area contributed by atoms with Crippen molar-refractivity contribution < 1.29 is 28.5 Å². The number of rotatable bonds is 12. The number of piperidine rings is 1. The van der Waals surface area contributed by atoms with Gasteiger partial charge in [0.05, 0.1) is 43.6 Å². The normalized spacial score (nSPS) is 14.3. The number of likely N-dealkylation sites (tertiary alicyclic amines) is 1. The Balaban J connectivity index is 1.41. The van der Waals surface area contributed by atoms with Gasteiger partial charge in [-0.2, -0.15) is 0 Å². The molecule has 1 N–H and O–H groups in total. The molecule has 1 aliphatic rings. The van der Waals surface area contributed by atoms with Crippen molar-refractivity contribution in [3.63, 3.8) is 0 Å². The highest BCUT2D eigenvalue weighted by atomic mass is 35.5. The lowest BCUT2D eigenvalue weighted by atomic mass is 9.97. The molecule has 2 aromatic rings. The van der Waals surface area contributed by atoms with Gasteiger partial charge in [-0.15, -0.1) is 11.3 Å².